The van der Waals surface area contributed by atoms with Gasteiger partial charge >= 0.3 is 0 Å². The second-order valence-electron chi connectivity index (χ2n) is 4.22. The summed E-state index contributed by atoms with van der Waals surface area (Å²) < 4.78 is 6.31. The molecule has 2 rings (SSSR count). The molecule has 4 nitrogen and oxygen atoms in total. The van der Waals surface area contributed by atoms with E-state index in [4.69, 9.17) is 10.2 Å². The number of carbonyl (C=O) groups is 1. The molecule has 0 unspecified atom stereocenters. The first-order chi connectivity index (χ1) is 9.10. The van der Waals surface area contributed by atoms with Gasteiger partial charge in [-0.05, 0) is 36.8 Å². The predicted octanol–water partition coefficient (Wildman–Crippen LogP) is 2.99. The molecule has 100 valence electrons. The van der Waals surface area contributed by atoms with E-state index in [1.165, 1.54) is 0 Å². The average molecular weight is 323 g/mol. The number of carbonyl (C=O) groups excluding carboxylic acids is 1. The van der Waals surface area contributed by atoms with Crippen molar-refractivity contribution in [3.05, 3.63) is 58.0 Å². The van der Waals surface area contributed by atoms with Crippen LogP contribution in [0.4, 0.5) is 0 Å². The fourth-order valence-electron chi connectivity index (χ4n) is 1.71. The van der Waals surface area contributed by atoms with E-state index in [-0.39, 0.29) is 24.3 Å². The Morgan fingerprint density at radius 1 is 1.32 bits per heavy atom. The Morgan fingerprint density at radius 2 is 2.00 bits per heavy atom. The first-order valence-electron chi connectivity index (χ1n) is 5.95. The Morgan fingerprint density at radius 3 is 2.58 bits per heavy atom. The number of amides is 1. The molecule has 0 saturated carbocycles. The van der Waals surface area contributed by atoms with Gasteiger partial charge in [0, 0.05) is 4.47 Å². The zero-order valence-corrected chi connectivity index (χ0v) is 12.1. The van der Waals surface area contributed by atoms with Gasteiger partial charge in [0.15, 0.2) is 5.76 Å². The third-order valence-electron chi connectivity index (χ3n) is 2.80. The molecule has 0 aliphatic rings. The van der Waals surface area contributed by atoms with Crippen LogP contribution in [0, 0.1) is 0 Å². The number of benzene rings is 1. The molecule has 0 aliphatic carbocycles. The number of furan rings is 1. The van der Waals surface area contributed by atoms with Crippen molar-refractivity contribution in [1.82, 2.24) is 5.32 Å². The zero-order valence-electron chi connectivity index (χ0n) is 10.5. The van der Waals surface area contributed by atoms with Crippen molar-refractivity contribution in [3.8, 4) is 0 Å². The van der Waals surface area contributed by atoms with Crippen LogP contribution in [0.1, 0.15) is 34.8 Å². The molecule has 0 radical (unpaired) electrons. The normalized spacial score (nSPS) is 12.2. The molecule has 0 spiro atoms. The molecule has 0 bridgehead atoms. The van der Waals surface area contributed by atoms with E-state index >= 15 is 0 Å². The molecule has 1 atom stereocenters. The van der Waals surface area contributed by atoms with Crippen LogP contribution < -0.4 is 11.1 Å². The predicted molar refractivity (Wildman–Crippen MR) is 76.6 cm³/mol. The first kappa shape index (κ1) is 13.8. The molecular formula is C14H15BrN2O2. The second-order valence-corrected chi connectivity index (χ2v) is 5.13. The standard InChI is InChI=1S/C14H15BrN2O2/c1-9(10-2-4-11(15)5-3-10)17-14(18)13-7-6-12(8-16)19-13/h2-7,9H,8,16H2,1H3,(H,17,18)/t9-/m1/s1. The molecule has 1 aromatic carbocycles. The summed E-state index contributed by atoms with van der Waals surface area (Å²) in [4.78, 5) is 12.0. The van der Waals surface area contributed by atoms with E-state index < -0.39 is 0 Å². The van der Waals surface area contributed by atoms with Crippen LogP contribution in [-0.2, 0) is 6.54 Å². The molecule has 3 N–H and O–H groups in total. The van der Waals surface area contributed by atoms with E-state index in [0.29, 0.717) is 5.76 Å². The van der Waals surface area contributed by atoms with Gasteiger partial charge in [0.2, 0.25) is 0 Å². The Balaban J connectivity index is 2.04. The van der Waals surface area contributed by atoms with Crippen LogP contribution in [0.3, 0.4) is 0 Å². The van der Waals surface area contributed by atoms with Crippen LogP contribution in [0.25, 0.3) is 0 Å². The maximum absolute atomic E-state index is 12.0. The zero-order chi connectivity index (χ0) is 13.8. The topological polar surface area (TPSA) is 68.3 Å². The van der Waals surface area contributed by atoms with Crippen LogP contribution in [0.15, 0.2) is 45.3 Å². The Labute approximate surface area is 120 Å². The second kappa shape index (κ2) is 6.04. The average Bonchev–Trinajstić information content (AvgIpc) is 2.88. The summed E-state index contributed by atoms with van der Waals surface area (Å²) in [5.41, 5.74) is 6.47. The summed E-state index contributed by atoms with van der Waals surface area (Å²) in [5, 5.41) is 2.88. The largest absolute Gasteiger partial charge is 0.455 e. The maximum atomic E-state index is 12.0. The van der Waals surface area contributed by atoms with Gasteiger partial charge in [0.05, 0.1) is 12.6 Å². The third-order valence-corrected chi connectivity index (χ3v) is 3.33. The smallest absolute Gasteiger partial charge is 0.287 e. The molecular weight excluding hydrogens is 308 g/mol. The summed E-state index contributed by atoms with van der Waals surface area (Å²) in [7, 11) is 0. The van der Waals surface area contributed by atoms with Gasteiger partial charge in [0.1, 0.15) is 5.76 Å². The van der Waals surface area contributed by atoms with Crippen molar-refractivity contribution in [2.24, 2.45) is 5.73 Å². The van der Waals surface area contributed by atoms with E-state index in [2.05, 4.69) is 21.2 Å². The molecule has 0 fully saturated rings. The molecule has 0 saturated heterocycles. The molecule has 5 heteroatoms. The lowest BCUT2D eigenvalue weighted by Gasteiger charge is -2.13. The highest BCUT2D eigenvalue weighted by Gasteiger charge is 2.14. The van der Waals surface area contributed by atoms with E-state index in [1.54, 1.807) is 12.1 Å². The fraction of sp³-hybridized carbons (Fsp3) is 0.214. The number of nitrogens with one attached hydrogen (secondary N) is 1. The summed E-state index contributed by atoms with van der Waals surface area (Å²) in [6.07, 6.45) is 0. The maximum Gasteiger partial charge on any atom is 0.287 e. The lowest BCUT2D eigenvalue weighted by atomic mass is 10.1. The number of hydrogen-bond donors (Lipinski definition) is 2. The minimum absolute atomic E-state index is 0.0907. The van der Waals surface area contributed by atoms with E-state index in [9.17, 15) is 4.79 Å². The minimum Gasteiger partial charge on any atom is -0.455 e. The van der Waals surface area contributed by atoms with Crippen molar-refractivity contribution < 1.29 is 9.21 Å². The highest BCUT2D eigenvalue weighted by Crippen LogP contribution is 2.17. The van der Waals surface area contributed by atoms with E-state index in [1.807, 2.05) is 31.2 Å². The van der Waals surface area contributed by atoms with E-state index in [0.717, 1.165) is 10.0 Å². The highest BCUT2D eigenvalue weighted by molar-refractivity contribution is 9.10. The Bertz CT molecular complexity index is 563. The van der Waals surface area contributed by atoms with Gasteiger partial charge in [-0.1, -0.05) is 28.1 Å². The summed E-state index contributed by atoms with van der Waals surface area (Å²) in [5.74, 6) is 0.640. The van der Waals surface area contributed by atoms with Gasteiger partial charge < -0.3 is 15.5 Å². The van der Waals surface area contributed by atoms with Gasteiger partial charge in [-0.25, -0.2) is 0 Å². The molecule has 1 amide bonds. The number of halogens is 1. The molecule has 1 heterocycles. The van der Waals surface area contributed by atoms with Gasteiger partial charge in [-0.15, -0.1) is 0 Å². The first-order valence-corrected chi connectivity index (χ1v) is 6.74. The number of hydrogen-bond acceptors (Lipinski definition) is 3. The van der Waals surface area contributed by atoms with Crippen molar-refractivity contribution >= 4 is 21.8 Å². The fourth-order valence-corrected chi connectivity index (χ4v) is 1.98. The SMILES string of the molecule is C[C@@H](NC(=O)c1ccc(CN)o1)c1ccc(Br)cc1. The monoisotopic (exact) mass is 322 g/mol. The van der Waals surface area contributed by atoms with Crippen molar-refractivity contribution in [3.63, 3.8) is 0 Å². The Hall–Kier alpha value is -1.59. The number of rotatable bonds is 4. The van der Waals surface area contributed by atoms with Gasteiger partial charge in [0.25, 0.3) is 5.91 Å². The molecule has 1 aromatic heterocycles. The molecule has 19 heavy (non-hydrogen) atoms. The lowest BCUT2D eigenvalue weighted by molar-refractivity contribution is 0.0910. The summed E-state index contributed by atoms with van der Waals surface area (Å²) in [6.45, 7) is 2.21. The Kier molecular flexibility index (Phi) is 4.39. The van der Waals surface area contributed by atoms with Crippen molar-refractivity contribution in [2.45, 2.75) is 19.5 Å². The van der Waals surface area contributed by atoms with Crippen molar-refractivity contribution in [2.75, 3.05) is 0 Å². The highest BCUT2D eigenvalue weighted by atomic mass is 79.9. The third kappa shape index (κ3) is 3.45. The van der Waals surface area contributed by atoms with Crippen LogP contribution in [0.2, 0.25) is 0 Å². The van der Waals surface area contributed by atoms with Crippen LogP contribution in [0.5, 0.6) is 0 Å². The van der Waals surface area contributed by atoms with Gasteiger partial charge in [-0.3, -0.25) is 4.79 Å². The number of nitrogens with two attached hydrogens (primary N) is 1. The summed E-state index contributed by atoms with van der Waals surface area (Å²) in [6, 6.07) is 11.1. The van der Waals surface area contributed by atoms with Crippen LogP contribution >= 0.6 is 15.9 Å². The minimum atomic E-state index is -0.241. The molecule has 2 aromatic rings. The summed E-state index contributed by atoms with van der Waals surface area (Å²) >= 11 is 3.38. The van der Waals surface area contributed by atoms with Crippen LogP contribution in [-0.4, -0.2) is 5.91 Å². The van der Waals surface area contributed by atoms with Gasteiger partial charge in [-0.2, -0.15) is 0 Å². The molecule has 0 aliphatic heterocycles. The quantitative estimate of drug-likeness (QED) is 0.909. The van der Waals surface area contributed by atoms with Crippen molar-refractivity contribution in [1.29, 1.82) is 0 Å². The lowest BCUT2D eigenvalue weighted by Crippen LogP contribution is -2.26.